The number of hydroxylamine groups is 2. The topological polar surface area (TPSA) is 81.5 Å². The average molecular weight is 333 g/mol. The number of hydrogen-bond donors (Lipinski definition) is 0. The first kappa shape index (κ1) is 14.8. The zero-order valence-corrected chi connectivity index (χ0v) is 12.8. The van der Waals surface area contributed by atoms with Crippen molar-refractivity contribution in [2.24, 2.45) is 0 Å². The van der Waals surface area contributed by atoms with Crippen molar-refractivity contribution in [1.29, 1.82) is 0 Å². The molecule has 0 saturated heterocycles. The second kappa shape index (κ2) is 5.72. The van der Waals surface area contributed by atoms with E-state index in [2.05, 4.69) is 5.10 Å². The van der Waals surface area contributed by atoms with Gasteiger partial charge in [-0.2, -0.15) is 5.10 Å². The molecule has 0 saturated carbocycles. The SMILES string of the molecule is O=C(ON1C(=O)c2ccccc2C1=O)c1cccc(-n2cccn2)c1. The van der Waals surface area contributed by atoms with Crippen molar-refractivity contribution in [3.8, 4) is 5.69 Å². The van der Waals surface area contributed by atoms with E-state index in [0.29, 0.717) is 10.8 Å². The van der Waals surface area contributed by atoms with Gasteiger partial charge in [0.1, 0.15) is 0 Å². The van der Waals surface area contributed by atoms with Gasteiger partial charge in [-0.05, 0) is 36.4 Å². The van der Waals surface area contributed by atoms with Gasteiger partial charge in [-0.15, -0.1) is 0 Å². The highest BCUT2D eigenvalue weighted by Gasteiger charge is 2.38. The summed E-state index contributed by atoms with van der Waals surface area (Å²) in [6.07, 6.45) is 3.35. The van der Waals surface area contributed by atoms with Gasteiger partial charge < -0.3 is 4.84 Å². The van der Waals surface area contributed by atoms with Gasteiger partial charge in [0.25, 0.3) is 11.8 Å². The number of carbonyl (C=O) groups is 3. The summed E-state index contributed by atoms with van der Waals surface area (Å²) in [6.45, 7) is 0. The Hall–Kier alpha value is -3.74. The van der Waals surface area contributed by atoms with Gasteiger partial charge in [0.05, 0.1) is 22.4 Å². The van der Waals surface area contributed by atoms with Crippen LogP contribution in [0.25, 0.3) is 5.69 Å². The molecule has 0 N–H and O–H groups in total. The van der Waals surface area contributed by atoms with Crippen LogP contribution in [-0.4, -0.2) is 32.6 Å². The molecular weight excluding hydrogens is 322 g/mol. The number of aromatic nitrogens is 2. The minimum atomic E-state index is -0.802. The Kier molecular flexibility index (Phi) is 3.39. The highest BCUT2D eigenvalue weighted by Crippen LogP contribution is 2.23. The zero-order valence-electron chi connectivity index (χ0n) is 12.8. The molecule has 2 heterocycles. The van der Waals surface area contributed by atoms with Gasteiger partial charge in [0.2, 0.25) is 0 Å². The number of hydrogen-bond acceptors (Lipinski definition) is 5. The lowest BCUT2D eigenvalue weighted by atomic mass is 10.1. The second-order valence-corrected chi connectivity index (χ2v) is 5.33. The molecule has 7 nitrogen and oxygen atoms in total. The molecule has 0 radical (unpaired) electrons. The van der Waals surface area contributed by atoms with Crippen LogP contribution in [0.1, 0.15) is 31.1 Å². The van der Waals surface area contributed by atoms with Gasteiger partial charge in [-0.25, -0.2) is 9.48 Å². The van der Waals surface area contributed by atoms with Gasteiger partial charge in [0, 0.05) is 12.4 Å². The Balaban J connectivity index is 1.58. The van der Waals surface area contributed by atoms with Crippen molar-refractivity contribution in [2.75, 3.05) is 0 Å². The molecule has 1 aliphatic rings. The predicted molar refractivity (Wildman–Crippen MR) is 85.9 cm³/mol. The molecule has 122 valence electrons. The quantitative estimate of drug-likeness (QED) is 0.687. The normalized spacial score (nSPS) is 13.0. The third-order valence-electron chi connectivity index (χ3n) is 3.78. The fourth-order valence-corrected chi connectivity index (χ4v) is 2.58. The fraction of sp³-hybridized carbons (Fsp3) is 0. The zero-order chi connectivity index (χ0) is 17.4. The lowest BCUT2D eigenvalue weighted by Gasteiger charge is -2.13. The second-order valence-electron chi connectivity index (χ2n) is 5.33. The number of amides is 2. The van der Waals surface area contributed by atoms with E-state index in [0.717, 1.165) is 0 Å². The van der Waals surface area contributed by atoms with Crippen LogP contribution in [0.4, 0.5) is 0 Å². The van der Waals surface area contributed by atoms with Crippen LogP contribution in [-0.2, 0) is 4.84 Å². The van der Waals surface area contributed by atoms with Crippen LogP contribution < -0.4 is 0 Å². The summed E-state index contributed by atoms with van der Waals surface area (Å²) in [5, 5.41) is 4.58. The smallest absolute Gasteiger partial charge is 0.324 e. The van der Waals surface area contributed by atoms with E-state index in [1.54, 1.807) is 53.5 Å². The molecule has 3 aromatic rings. The summed E-state index contributed by atoms with van der Waals surface area (Å²) in [4.78, 5) is 41.9. The molecule has 0 bridgehead atoms. The van der Waals surface area contributed by atoms with E-state index in [9.17, 15) is 14.4 Å². The van der Waals surface area contributed by atoms with Crippen LogP contribution in [0.3, 0.4) is 0 Å². The van der Waals surface area contributed by atoms with Gasteiger partial charge in [0.15, 0.2) is 0 Å². The first-order valence-electron chi connectivity index (χ1n) is 7.45. The van der Waals surface area contributed by atoms with E-state index >= 15 is 0 Å². The highest BCUT2D eigenvalue weighted by atomic mass is 16.7. The molecule has 2 amide bonds. The van der Waals surface area contributed by atoms with Crippen molar-refractivity contribution < 1.29 is 19.2 Å². The van der Waals surface area contributed by atoms with Crippen molar-refractivity contribution in [3.05, 3.63) is 83.7 Å². The minimum Gasteiger partial charge on any atom is -0.324 e. The molecule has 0 spiro atoms. The number of rotatable bonds is 3. The fourth-order valence-electron chi connectivity index (χ4n) is 2.58. The molecule has 0 fully saturated rings. The molecule has 1 aliphatic heterocycles. The number of imide groups is 1. The maximum Gasteiger partial charge on any atom is 0.364 e. The summed E-state index contributed by atoms with van der Waals surface area (Å²) in [6, 6.07) is 14.6. The first-order chi connectivity index (χ1) is 12.1. The van der Waals surface area contributed by atoms with Gasteiger partial charge in [-0.1, -0.05) is 23.3 Å². The number of fused-ring (bicyclic) bond motifs is 1. The Morgan fingerprint density at radius 3 is 2.28 bits per heavy atom. The maximum atomic E-state index is 12.4. The van der Waals surface area contributed by atoms with Crippen LogP contribution in [0.5, 0.6) is 0 Å². The van der Waals surface area contributed by atoms with Crippen LogP contribution >= 0.6 is 0 Å². The Labute approximate surface area is 142 Å². The molecule has 0 atom stereocenters. The number of benzene rings is 2. The molecule has 25 heavy (non-hydrogen) atoms. The molecular formula is C18H11N3O4. The molecule has 2 aromatic carbocycles. The molecule has 1 aromatic heterocycles. The summed E-state index contributed by atoms with van der Waals surface area (Å²) in [5.74, 6) is -2.11. The van der Waals surface area contributed by atoms with Crippen LogP contribution in [0.15, 0.2) is 67.0 Å². The van der Waals surface area contributed by atoms with Crippen molar-refractivity contribution in [3.63, 3.8) is 0 Å². The van der Waals surface area contributed by atoms with Crippen LogP contribution in [0, 0.1) is 0 Å². The van der Waals surface area contributed by atoms with E-state index in [-0.39, 0.29) is 16.7 Å². The minimum absolute atomic E-state index is 0.199. The van der Waals surface area contributed by atoms with E-state index < -0.39 is 17.8 Å². The van der Waals surface area contributed by atoms with Gasteiger partial charge >= 0.3 is 5.97 Å². The van der Waals surface area contributed by atoms with Crippen LogP contribution in [0.2, 0.25) is 0 Å². The summed E-state index contributed by atoms with van der Waals surface area (Å²) in [7, 11) is 0. The van der Waals surface area contributed by atoms with E-state index in [1.807, 2.05) is 0 Å². The van der Waals surface area contributed by atoms with Crippen molar-refractivity contribution >= 4 is 17.8 Å². The summed E-state index contributed by atoms with van der Waals surface area (Å²) >= 11 is 0. The maximum absolute atomic E-state index is 12.4. The van der Waals surface area contributed by atoms with Crippen molar-refractivity contribution in [1.82, 2.24) is 14.8 Å². The Morgan fingerprint density at radius 1 is 0.920 bits per heavy atom. The third-order valence-corrected chi connectivity index (χ3v) is 3.78. The molecule has 0 unspecified atom stereocenters. The first-order valence-corrected chi connectivity index (χ1v) is 7.45. The lowest BCUT2D eigenvalue weighted by molar-refractivity contribution is -0.0584. The lowest BCUT2D eigenvalue weighted by Crippen LogP contribution is -2.32. The highest BCUT2D eigenvalue weighted by molar-refractivity contribution is 6.21. The average Bonchev–Trinajstić information content (AvgIpc) is 3.26. The molecule has 0 aliphatic carbocycles. The van der Waals surface area contributed by atoms with E-state index in [4.69, 9.17) is 4.84 Å². The number of nitrogens with zero attached hydrogens (tertiary/aromatic N) is 3. The molecule has 4 rings (SSSR count). The Bertz CT molecular complexity index is 960. The third kappa shape index (κ3) is 2.47. The van der Waals surface area contributed by atoms with E-state index in [1.165, 1.54) is 18.2 Å². The monoisotopic (exact) mass is 333 g/mol. The summed E-state index contributed by atoms with van der Waals surface area (Å²) in [5.41, 5.74) is 1.28. The standard InChI is InChI=1S/C18H11N3O4/c22-16-14-7-1-2-8-15(14)17(23)21(16)25-18(24)12-5-3-6-13(11-12)20-10-4-9-19-20/h1-11H. The predicted octanol–water partition coefficient (Wildman–Crippen LogP) is 2.24. The van der Waals surface area contributed by atoms with Gasteiger partial charge in [-0.3, -0.25) is 9.59 Å². The molecule has 7 heteroatoms. The Morgan fingerprint density at radius 2 is 1.64 bits per heavy atom. The number of carbonyl (C=O) groups excluding carboxylic acids is 3. The largest absolute Gasteiger partial charge is 0.364 e. The van der Waals surface area contributed by atoms with Crippen molar-refractivity contribution in [2.45, 2.75) is 0 Å². The summed E-state index contributed by atoms with van der Waals surface area (Å²) < 4.78 is 1.58.